The van der Waals surface area contributed by atoms with E-state index in [0.717, 1.165) is 16.3 Å². The van der Waals surface area contributed by atoms with Crippen molar-refractivity contribution < 1.29 is 0 Å². The van der Waals surface area contributed by atoms with Gasteiger partial charge in [-0.2, -0.15) is 5.10 Å². The van der Waals surface area contributed by atoms with Crippen LogP contribution in [0.15, 0.2) is 36.5 Å². The Balaban J connectivity index is 0.000000845. The summed E-state index contributed by atoms with van der Waals surface area (Å²) in [6.45, 7) is 0. The molecule has 2 nitrogen and oxygen atoms in total. The van der Waals surface area contributed by atoms with E-state index in [-0.39, 0.29) is 12.4 Å². The number of benzene rings is 1. The molecule has 0 spiro atoms. The summed E-state index contributed by atoms with van der Waals surface area (Å²) in [6.07, 6.45) is 1.80. The minimum absolute atomic E-state index is 0. The summed E-state index contributed by atoms with van der Waals surface area (Å²) >= 11 is 5.74. The Morgan fingerprint density at radius 2 is 1.77 bits per heavy atom. The molecule has 0 atom stereocenters. The predicted octanol–water partition coefficient (Wildman–Crippen LogP) is 3.15. The summed E-state index contributed by atoms with van der Waals surface area (Å²) in [4.78, 5) is 0. The first-order chi connectivity index (χ1) is 5.86. The Labute approximate surface area is 87.3 Å². The summed E-state index contributed by atoms with van der Waals surface area (Å²) in [5.41, 5.74) is 2.01. The third kappa shape index (κ3) is 2.23. The lowest BCUT2D eigenvalue weighted by Gasteiger charge is -1.94. The highest BCUT2D eigenvalue weighted by Crippen LogP contribution is 2.18. The minimum Gasteiger partial charge on any atom is -0.285 e. The number of hydrogen-bond donors (Lipinski definition) is 1. The molecule has 2 rings (SSSR count). The van der Waals surface area contributed by atoms with Gasteiger partial charge in [0.05, 0.1) is 5.69 Å². The summed E-state index contributed by atoms with van der Waals surface area (Å²) in [7, 11) is 0. The Morgan fingerprint density at radius 3 is 2.31 bits per heavy atom. The normalized spacial score (nSPS) is 9.31. The fraction of sp³-hybridized carbons (Fsp3) is 0. The zero-order valence-corrected chi connectivity index (χ0v) is 8.27. The van der Waals surface area contributed by atoms with Crippen molar-refractivity contribution in [1.82, 2.24) is 10.2 Å². The van der Waals surface area contributed by atoms with E-state index in [0.29, 0.717) is 0 Å². The zero-order chi connectivity index (χ0) is 8.39. The van der Waals surface area contributed by atoms with Crippen molar-refractivity contribution >= 4 is 24.0 Å². The fourth-order valence-corrected chi connectivity index (χ4v) is 1.17. The number of hydrogen-bond acceptors (Lipinski definition) is 1. The molecule has 68 valence electrons. The lowest BCUT2D eigenvalue weighted by atomic mass is 10.2. The van der Waals surface area contributed by atoms with Crippen LogP contribution < -0.4 is 0 Å². The van der Waals surface area contributed by atoms with Crippen molar-refractivity contribution in [2.45, 2.75) is 0 Å². The van der Waals surface area contributed by atoms with E-state index >= 15 is 0 Å². The van der Waals surface area contributed by atoms with Crippen LogP contribution >= 0.6 is 24.0 Å². The van der Waals surface area contributed by atoms with E-state index in [9.17, 15) is 0 Å². The Morgan fingerprint density at radius 1 is 1.08 bits per heavy atom. The lowest BCUT2D eigenvalue weighted by molar-refractivity contribution is 1.10. The molecule has 0 fully saturated rings. The molecule has 13 heavy (non-hydrogen) atoms. The van der Waals surface area contributed by atoms with Gasteiger partial charge in [0.2, 0.25) is 0 Å². The van der Waals surface area contributed by atoms with Crippen molar-refractivity contribution in [2.75, 3.05) is 0 Å². The lowest BCUT2D eigenvalue weighted by Crippen LogP contribution is -1.76. The van der Waals surface area contributed by atoms with E-state index in [1.807, 2.05) is 30.3 Å². The SMILES string of the molecule is Cl.Clc1ccc(-c2cc[nH]n2)cc1. The van der Waals surface area contributed by atoms with Gasteiger partial charge >= 0.3 is 0 Å². The van der Waals surface area contributed by atoms with Gasteiger partial charge in [-0.3, -0.25) is 5.10 Å². The van der Waals surface area contributed by atoms with Gasteiger partial charge in [-0.15, -0.1) is 12.4 Å². The van der Waals surface area contributed by atoms with Gasteiger partial charge < -0.3 is 0 Å². The van der Waals surface area contributed by atoms with Crippen molar-refractivity contribution in [3.8, 4) is 11.3 Å². The van der Waals surface area contributed by atoms with Crippen LogP contribution in [0.1, 0.15) is 0 Å². The molecular weight excluding hydrogens is 207 g/mol. The molecule has 2 aromatic rings. The first kappa shape index (κ1) is 10.1. The van der Waals surface area contributed by atoms with E-state index < -0.39 is 0 Å². The summed E-state index contributed by atoms with van der Waals surface area (Å²) < 4.78 is 0. The number of rotatable bonds is 1. The van der Waals surface area contributed by atoms with Gasteiger partial charge in [0, 0.05) is 16.8 Å². The van der Waals surface area contributed by atoms with Crippen molar-refractivity contribution in [3.05, 3.63) is 41.6 Å². The summed E-state index contributed by atoms with van der Waals surface area (Å²) in [6, 6.07) is 9.51. The molecule has 0 saturated carbocycles. The summed E-state index contributed by atoms with van der Waals surface area (Å²) in [5, 5.41) is 7.55. The van der Waals surface area contributed by atoms with E-state index in [2.05, 4.69) is 10.2 Å². The quantitative estimate of drug-likeness (QED) is 0.777. The third-order valence-corrected chi connectivity index (χ3v) is 1.89. The zero-order valence-electron chi connectivity index (χ0n) is 6.70. The van der Waals surface area contributed by atoms with E-state index in [1.165, 1.54) is 0 Å². The van der Waals surface area contributed by atoms with Crippen molar-refractivity contribution in [1.29, 1.82) is 0 Å². The molecular formula is C9H8Cl2N2. The first-order valence-corrected chi connectivity index (χ1v) is 4.00. The third-order valence-electron chi connectivity index (χ3n) is 1.64. The largest absolute Gasteiger partial charge is 0.285 e. The molecule has 0 aliphatic carbocycles. The van der Waals surface area contributed by atoms with Gasteiger partial charge in [0.25, 0.3) is 0 Å². The second kappa shape index (κ2) is 4.30. The molecule has 1 aromatic heterocycles. The topological polar surface area (TPSA) is 28.7 Å². The van der Waals surface area contributed by atoms with Crippen molar-refractivity contribution in [2.24, 2.45) is 0 Å². The smallest absolute Gasteiger partial charge is 0.0920 e. The molecule has 0 bridgehead atoms. The van der Waals surface area contributed by atoms with Gasteiger partial charge in [-0.25, -0.2) is 0 Å². The number of halogens is 2. The highest BCUT2D eigenvalue weighted by atomic mass is 35.5. The Hall–Kier alpha value is -0.990. The average molecular weight is 215 g/mol. The monoisotopic (exact) mass is 214 g/mol. The number of nitrogens with one attached hydrogen (secondary N) is 1. The maximum absolute atomic E-state index is 5.74. The predicted molar refractivity (Wildman–Crippen MR) is 56.3 cm³/mol. The highest BCUT2D eigenvalue weighted by molar-refractivity contribution is 6.30. The van der Waals surface area contributed by atoms with Crippen LogP contribution in [0.3, 0.4) is 0 Å². The first-order valence-electron chi connectivity index (χ1n) is 3.62. The van der Waals surface area contributed by atoms with E-state index in [1.54, 1.807) is 6.20 Å². The molecule has 0 radical (unpaired) electrons. The maximum Gasteiger partial charge on any atom is 0.0920 e. The fourth-order valence-electron chi connectivity index (χ4n) is 1.04. The van der Waals surface area contributed by atoms with Gasteiger partial charge in [-0.1, -0.05) is 23.7 Å². The van der Waals surface area contributed by atoms with Crippen LogP contribution in [0, 0.1) is 0 Å². The van der Waals surface area contributed by atoms with E-state index in [4.69, 9.17) is 11.6 Å². The average Bonchev–Trinajstić information content (AvgIpc) is 2.58. The second-order valence-electron chi connectivity index (χ2n) is 2.47. The molecule has 1 aromatic carbocycles. The number of nitrogens with zero attached hydrogens (tertiary/aromatic N) is 1. The van der Waals surface area contributed by atoms with Crippen LogP contribution in [-0.2, 0) is 0 Å². The highest BCUT2D eigenvalue weighted by Gasteiger charge is 1.97. The van der Waals surface area contributed by atoms with Crippen LogP contribution in [-0.4, -0.2) is 10.2 Å². The van der Waals surface area contributed by atoms with Crippen LogP contribution in [0.2, 0.25) is 5.02 Å². The molecule has 4 heteroatoms. The standard InChI is InChI=1S/C9H7ClN2.ClH/c10-8-3-1-7(2-4-8)9-5-6-11-12-9;/h1-6H,(H,11,12);1H. The molecule has 0 aliphatic heterocycles. The second-order valence-corrected chi connectivity index (χ2v) is 2.90. The molecule has 1 heterocycles. The van der Waals surface area contributed by atoms with Crippen LogP contribution in [0.4, 0.5) is 0 Å². The number of H-pyrrole nitrogens is 1. The van der Waals surface area contributed by atoms with Crippen LogP contribution in [0.25, 0.3) is 11.3 Å². The van der Waals surface area contributed by atoms with Crippen molar-refractivity contribution in [3.63, 3.8) is 0 Å². The van der Waals surface area contributed by atoms with Gasteiger partial charge in [0.15, 0.2) is 0 Å². The molecule has 1 N–H and O–H groups in total. The molecule has 0 saturated heterocycles. The summed E-state index contributed by atoms with van der Waals surface area (Å²) in [5.74, 6) is 0. The number of aromatic amines is 1. The maximum atomic E-state index is 5.74. The molecule has 0 amide bonds. The van der Waals surface area contributed by atoms with Gasteiger partial charge in [0.1, 0.15) is 0 Å². The van der Waals surface area contributed by atoms with Crippen LogP contribution in [0.5, 0.6) is 0 Å². The molecule has 0 unspecified atom stereocenters. The number of aromatic nitrogens is 2. The Bertz CT molecular complexity index is 354. The van der Waals surface area contributed by atoms with Gasteiger partial charge in [-0.05, 0) is 18.2 Å². The minimum atomic E-state index is 0. The molecule has 0 aliphatic rings. The Kier molecular flexibility index (Phi) is 3.34.